The molecule has 0 radical (unpaired) electrons. The van der Waals surface area contributed by atoms with E-state index < -0.39 is 0 Å². The zero-order valence-electron chi connectivity index (χ0n) is 11.4. The van der Waals surface area contributed by atoms with Crippen LogP contribution in [0.2, 0.25) is 0 Å². The number of nitrogens with zero attached hydrogens (tertiary/aromatic N) is 2. The van der Waals surface area contributed by atoms with Gasteiger partial charge >= 0.3 is 0 Å². The number of hydrogen-bond acceptors (Lipinski definition) is 1. The Bertz CT molecular complexity index is 838. The third-order valence-electron chi connectivity index (χ3n) is 4.17. The Morgan fingerprint density at radius 1 is 1.14 bits per heavy atom. The number of alkyl halides is 1. The molecule has 0 unspecified atom stereocenters. The standard InChI is InChI=1S/C17H14ClFN2/c18-10-16-20-17-14(19)5-2-6-15(17)21(16)13-8-7-11-3-1-4-12(11)9-13/h2,5-9H,1,3-4,10H2. The summed E-state index contributed by atoms with van der Waals surface area (Å²) in [6.45, 7) is 0. The number of aromatic nitrogens is 2. The number of fused-ring (bicyclic) bond motifs is 2. The van der Waals surface area contributed by atoms with E-state index in [-0.39, 0.29) is 11.7 Å². The van der Waals surface area contributed by atoms with E-state index in [1.807, 2.05) is 10.6 Å². The molecular weight excluding hydrogens is 287 g/mol. The molecule has 1 aliphatic carbocycles. The van der Waals surface area contributed by atoms with E-state index in [1.165, 1.54) is 23.6 Å². The Morgan fingerprint density at radius 3 is 2.86 bits per heavy atom. The van der Waals surface area contributed by atoms with Gasteiger partial charge in [0.15, 0.2) is 5.82 Å². The summed E-state index contributed by atoms with van der Waals surface area (Å²) in [5.74, 6) is 0.624. The van der Waals surface area contributed by atoms with Crippen LogP contribution in [0.4, 0.5) is 4.39 Å². The molecule has 0 N–H and O–H groups in total. The van der Waals surface area contributed by atoms with Gasteiger partial charge in [-0.05, 0) is 54.7 Å². The number of hydrogen-bond donors (Lipinski definition) is 0. The van der Waals surface area contributed by atoms with Gasteiger partial charge in [-0.25, -0.2) is 9.37 Å². The van der Waals surface area contributed by atoms with Gasteiger partial charge in [-0.1, -0.05) is 12.1 Å². The highest BCUT2D eigenvalue weighted by atomic mass is 35.5. The minimum absolute atomic E-state index is 0.255. The van der Waals surface area contributed by atoms with Gasteiger partial charge in [0, 0.05) is 5.69 Å². The molecule has 3 aromatic rings. The molecule has 1 heterocycles. The Hall–Kier alpha value is -1.87. The third kappa shape index (κ3) is 1.95. The normalized spacial score (nSPS) is 13.8. The topological polar surface area (TPSA) is 17.8 Å². The smallest absolute Gasteiger partial charge is 0.151 e. The van der Waals surface area contributed by atoms with Crippen molar-refractivity contribution < 1.29 is 4.39 Å². The maximum Gasteiger partial charge on any atom is 0.151 e. The van der Waals surface area contributed by atoms with Crippen molar-refractivity contribution in [1.82, 2.24) is 9.55 Å². The minimum atomic E-state index is -0.307. The first kappa shape index (κ1) is 12.8. The molecule has 21 heavy (non-hydrogen) atoms. The summed E-state index contributed by atoms with van der Waals surface area (Å²) < 4.78 is 15.9. The first-order valence-corrected chi connectivity index (χ1v) is 7.65. The van der Waals surface area contributed by atoms with Crippen molar-refractivity contribution >= 4 is 22.6 Å². The number of aryl methyl sites for hydroxylation is 2. The molecule has 106 valence electrons. The molecule has 4 rings (SSSR count). The SMILES string of the molecule is Fc1cccc2c1nc(CCl)n2-c1ccc2c(c1)CCC2. The lowest BCUT2D eigenvalue weighted by atomic mass is 10.1. The minimum Gasteiger partial charge on any atom is -0.295 e. The summed E-state index contributed by atoms with van der Waals surface area (Å²) in [5, 5.41) is 0. The summed E-state index contributed by atoms with van der Waals surface area (Å²) in [4.78, 5) is 4.36. The molecule has 0 aliphatic heterocycles. The third-order valence-corrected chi connectivity index (χ3v) is 4.40. The van der Waals surface area contributed by atoms with Crippen molar-refractivity contribution in [3.63, 3.8) is 0 Å². The van der Waals surface area contributed by atoms with E-state index in [0.29, 0.717) is 11.3 Å². The molecule has 0 saturated carbocycles. The number of benzene rings is 2. The van der Waals surface area contributed by atoms with Crippen LogP contribution in [-0.4, -0.2) is 9.55 Å². The Kier molecular flexibility index (Phi) is 2.96. The second-order valence-corrected chi connectivity index (χ2v) is 5.68. The summed E-state index contributed by atoms with van der Waals surface area (Å²) in [5.41, 5.74) is 4.96. The molecule has 2 aromatic carbocycles. The molecular formula is C17H14ClFN2. The average Bonchev–Trinajstić information content (AvgIpc) is 3.10. The van der Waals surface area contributed by atoms with Crippen LogP contribution in [0.15, 0.2) is 36.4 Å². The van der Waals surface area contributed by atoms with E-state index in [4.69, 9.17) is 11.6 Å². The van der Waals surface area contributed by atoms with Crippen LogP contribution in [0.25, 0.3) is 16.7 Å². The highest BCUT2D eigenvalue weighted by Gasteiger charge is 2.17. The van der Waals surface area contributed by atoms with Gasteiger partial charge in [-0.15, -0.1) is 11.6 Å². The molecule has 0 amide bonds. The van der Waals surface area contributed by atoms with Crippen molar-refractivity contribution in [1.29, 1.82) is 0 Å². The molecule has 4 heteroatoms. The highest BCUT2D eigenvalue weighted by Crippen LogP contribution is 2.28. The van der Waals surface area contributed by atoms with Crippen LogP contribution in [0.5, 0.6) is 0 Å². The van der Waals surface area contributed by atoms with E-state index in [1.54, 1.807) is 6.07 Å². The van der Waals surface area contributed by atoms with Gasteiger partial charge in [0.1, 0.15) is 11.3 Å². The Morgan fingerprint density at radius 2 is 2.00 bits per heavy atom. The molecule has 1 aromatic heterocycles. The van der Waals surface area contributed by atoms with Crippen LogP contribution in [0, 0.1) is 5.82 Å². The van der Waals surface area contributed by atoms with Crippen molar-refractivity contribution in [2.45, 2.75) is 25.1 Å². The molecule has 0 atom stereocenters. The van der Waals surface area contributed by atoms with Gasteiger partial charge in [-0.3, -0.25) is 4.57 Å². The lowest BCUT2D eigenvalue weighted by molar-refractivity contribution is 0.637. The number of rotatable bonds is 2. The summed E-state index contributed by atoms with van der Waals surface area (Å²) >= 11 is 6.02. The van der Waals surface area contributed by atoms with E-state index in [0.717, 1.165) is 24.0 Å². The van der Waals surface area contributed by atoms with Gasteiger partial charge in [-0.2, -0.15) is 0 Å². The molecule has 0 saturated heterocycles. The van der Waals surface area contributed by atoms with Crippen molar-refractivity contribution in [2.75, 3.05) is 0 Å². The average molecular weight is 301 g/mol. The van der Waals surface area contributed by atoms with Crippen LogP contribution < -0.4 is 0 Å². The molecule has 0 bridgehead atoms. The van der Waals surface area contributed by atoms with E-state index >= 15 is 0 Å². The quantitative estimate of drug-likeness (QED) is 0.642. The summed E-state index contributed by atoms with van der Waals surface area (Å²) in [6, 6.07) is 11.5. The monoisotopic (exact) mass is 300 g/mol. The molecule has 0 spiro atoms. The zero-order valence-corrected chi connectivity index (χ0v) is 12.2. The number of halogens is 2. The van der Waals surface area contributed by atoms with Crippen LogP contribution in [-0.2, 0) is 18.7 Å². The highest BCUT2D eigenvalue weighted by molar-refractivity contribution is 6.17. The zero-order chi connectivity index (χ0) is 14.4. The van der Waals surface area contributed by atoms with Crippen molar-refractivity contribution in [3.8, 4) is 5.69 Å². The first-order chi connectivity index (χ1) is 10.3. The maximum atomic E-state index is 13.9. The second-order valence-electron chi connectivity index (χ2n) is 5.41. The second kappa shape index (κ2) is 4.85. The predicted octanol–water partition coefficient (Wildman–Crippen LogP) is 4.39. The van der Waals surface area contributed by atoms with Gasteiger partial charge < -0.3 is 0 Å². The first-order valence-electron chi connectivity index (χ1n) is 7.12. The van der Waals surface area contributed by atoms with Crippen LogP contribution in [0.1, 0.15) is 23.4 Å². The fourth-order valence-corrected chi connectivity index (χ4v) is 3.37. The van der Waals surface area contributed by atoms with Crippen LogP contribution >= 0.6 is 11.6 Å². The van der Waals surface area contributed by atoms with E-state index in [9.17, 15) is 4.39 Å². The molecule has 2 nitrogen and oxygen atoms in total. The van der Waals surface area contributed by atoms with Gasteiger partial charge in [0.25, 0.3) is 0 Å². The number of imidazole rings is 1. The molecule has 0 fully saturated rings. The van der Waals surface area contributed by atoms with Crippen LogP contribution in [0.3, 0.4) is 0 Å². The lowest BCUT2D eigenvalue weighted by Gasteiger charge is -2.10. The fourth-order valence-electron chi connectivity index (χ4n) is 3.19. The van der Waals surface area contributed by atoms with Crippen molar-refractivity contribution in [2.24, 2.45) is 0 Å². The Labute approximate surface area is 127 Å². The fraction of sp³-hybridized carbons (Fsp3) is 0.235. The number of para-hydroxylation sites is 1. The van der Waals surface area contributed by atoms with E-state index in [2.05, 4.69) is 23.2 Å². The predicted molar refractivity (Wildman–Crippen MR) is 82.6 cm³/mol. The summed E-state index contributed by atoms with van der Waals surface area (Å²) in [7, 11) is 0. The molecule has 1 aliphatic rings. The Balaban J connectivity index is 1.99. The maximum absolute atomic E-state index is 13.9. The summed E-state index contributed by atoms with van der Waals surface area (Å²) in [6.07, 6.45) is 3.47. The largest absolute Gasteiger partial charge is 0.295 e. The van der Waals surface area contributed by atoms with Gasteiger partial charge in [0.2, 0.25) is 0 Å². The van der Waals surface area contributed by atoms with Crippen molar-refractivity contribution in [3.05, 3.63) is 59.2 Å². The lowest BCUT2D eigenvalue weighted by Crippen LogP contribution is -2.00. The van der Waals surface area contributed by atoms with Gasteiger partial charge in [0.05, 0.1) is 11.4 Å².